The summed E-state index contributed by atoms with van der Waals surface area (Å²) in [7, 11) is 0. The number of nitrogens with zero attached hydrogens (tertiary/aromatic N) is 1. The third-order valence-electron chi connectivity index (χ3n) is 3.52. The molecule has 1 aliphatic heterocycles. The topological polar surface area (TPSA) is 46.3 Å². The standard InChI is InChI=1S/C14H18F2N2O/c1-8(2)18-13(19)6-5-12(17)14(18)10-7-9(15)3-4-11(10)16/h3-4,7-8,12,14H,5-6,17H2,1-2H3. The molecule has 1 saturated heterocycles. The smallest absolute Gasteiger partial charge is 0.223 e. The monoisotopic (exact) mass is 268 g/mol. The van der Waals surface area contributed by atoms with Gasteiger partial charge in [-0.15, -0.1) is 0 Å². The Morgan fingerprint density at radius 2 is 2.05 bits per heavy atom. The number of carbonyl (C=O) groups is 1. The Balaban J connectivity index is 2.48. The van der Waals surface area contributed by atoms with Crippen LogP contribution in [0.3, 0.4) is 0 Å². The SMILES string of the molecule is CC(C)N1C(=O)CCC(N)C1c1cc(F)ccc1F. The van der Waals surface area contributed by atoms with Crippen LogP contribution in [0.25, 0.3) is 0 Å². The summed E-state index contributed by atoms with van der Waals surface area (Å²) in [5, 5.41) is 0. The van der Waals surface area contributed by atoms with Crippen molar-refractivity contribution >= 4 is 5.91 Å². The molecule has 0 bridgehead atoms. The molecule has 0 spiro atoms. The molecule has 0 aliphatic carbocycles. The van der Waals surface area contributed by atoms with Crippen LogP contribution < -0.4 is 5.73 Å². The summed E-state index contributed by atoms with van der Waals surface area (Å²) in [6, 6.07) is 2.19. The van der Waals surface area contributed by atoms with Gasteiger partial charge in [0.15, 0.2) is 0 Å². The minimum absolute atomic E-state index is 0.0645. The van der Waals surface area contributed by atoms with Crippen molar-refractivity contribution in [3.8, 4) is 0 Å². The van der Waals surface area contributed by atoms with Gasteiger partial charge >= 0.3 is 0 Å². The van der Waals surface area contributed by atoms with Gasteiger partial charge in [0.05, 0.1) is 6.04 Å². The Labute approximate surface area is 111 Å². The van der Waals surface area contributed by atoms with E-state index in [0.29, 0.717) is 12.8 Å². The third-order valence-corrected chi connectivity index (χ3v) is 3.52. The molecular formula is C14H18F2N2O. The molecule has 19 heavy (non-hydrogen) atoms. The lowest BCUT2D eigenvalue weighted by Crippen LogP contribution is -2.51. The number of hydrogen-bond donors (Lipinski definition) is 1. The molecule has 5 heteroatoms. The van der Waals surface area contributed by atoms with Gasteiger partial charge < -0.3 is 10.6 Å². The van der Waals surface area contributed by atoms with Crippen LogP contribution in [0.15, 0.2) is 18.2 Å². The predicted molar refractivity (Wildman–Crippen MR) is 68.3 cm³/mol. The molecule has 1 fully saturated rings. The van der Waals surface area contributed by atoms with Gasteiger partial charge in [0, 0.05) is 24.1 Å². The zero-order chi connectivity index (χ0) is 14.2. The van der Waals surface area contributed by atoms with Crippen LogP contribution in [0.4, 0.5) is 8.78 Å². The maximum atomic E-state index is 13.9. The highest BCUT2D eigenvalue weighted by molar-refractivity contribution is 5.78. The molecule has 1 heterocycles. The number of hydrogen-bond acceptors (Lipinski definition) is 2. The van der Waals surface area contributed by atoms with E-state index in [9.17, 15) is 13.6 Å². The summed E-state index contributed by atoms with van der Waals surface area (Å²) in [5.41, 5.74) is 6.20. The van der Waals surface area contributed by atoms with E-state index in [2.05, 4.69) is 0 Å². The van der Waals surface area contributed by atoms with Gasteiger partial charge in [-0.25, -0.2) is 8.78 Å². The van der Waals surface area contributed by atoms with E-state index in [1.54, 1.807) is 4.90 Å². The maximum Gasteiger partial charge on any atom is 0.223 e. The van der Waals surface area contributed by atoms with Crippen LogP contribution in [0.2, 0.25) is 0 Å². The molecule has 0 saturated carbocycles. The Hall–Kier alpha value is -1.49. The van der Waals surface area contributed by atoms with Crippen molar-refractivity contribution in [2.75, 3.05) is 0 Å². The molecule has 2 N–H and O–H groups in total. The molecule has 2 unspecified atom stereocenters. The second-order valence-corrected chi connectivity index (χ2v) is 5.21. The van der Waals surface area contributed by atoms with Gasteiger partial charge in [-0.05, 0) is 38.5 Å². The molecule has 1 amide bonds. The number of benzene rings is 1. The second kappa shape index (κ2) is 5.25. The summed E-state index contributed by atoms with van der Waals surface area (Å²) < 4.78 is 27.3. The fourth-order valence-electron chi connectivity index (χ4n) is 2.67. The fourth-order valence-corrected chi connectivity index (χ4v) is 2.67. The van der Waals surface area contributed by atoms with E-state index in [1.807, 2.05) is 13.8 Å². The lowest BCUT2D eigenvalue weighted by molar-refractivity contribution is -0.139. The Kier molecular flexibility index (Phi) is 3.85. The predicted octanol–water partition coefficient (Wildman–Crippen LogP) is 2.36. The average Bonchev–Trinajstić information content (AvgIpc) is 2.34. The zero-order valence-electron chi connectivity index (χ0n) is 11.1. The number of piperidine rings is 1. The van der Waals surface area contributed by atoms with Gasteiger partial charge in [-0.1, -0.05) is 0 Å². The molecule has 1 aliphatic rings. The van der Waals surface area contributed by atoms with E-state index in [-0.39, 0.29) is 23.6 Å². The average molecular weight is 268 g/mol. The minimum atomic E-state index is -0.600. The van der Waals surface area contributed by atoms with Gasteiger partial charge in [-0.2, -0.15) is 0 Å². The molecular weight excluding hydrogens is 250 g/mol. The summed E-state index contributed by atoms with van der Waals surface area (Å²) >= 11 is 0. The van der Waals surface area contributed by atoms with Gasteiger partial charge in [0.1, 0.15) is 11.6 Å². The highest BCUT2D eigenvalue weighted by Crippen LogP contribution is 2.34. The molecule has 0 radical (unpaired) electrons. The lowest BCUT2D eigenvalue weighted by Gasteiger charge is -2.42. The van der Waals surface area contributed by atoms with Crippen LogP contribution >= 0.6 is 0 Å². The first-order valence-electron chi connectivity index (χ1n) is 6.43. The van der Waals surface area contributed by atoms with Crippen LogP contribution in [-0.2, 0) is 4.79 Å². The minimum Gasteiger partial charge on any atom is -0.332 e. The van der Waals surface area contributed by atoms with Gasteiger partial charge in [0.2, 0.25) is 5.91 Å². The van der Waals surface area contributed by atoms with Crippen molar-refractivity contribution in [2.45, 2.75) is 44.8 Å². The number of amides is 1. The number of likely N-dealkylation sites (tertiary alicyclic amines) is 1. The highest BCUT2D eigenvalue weighted by atomic mass is 19.1. The largest absolute Gasteiger partial charge is 0.332 e. The van der Waals surface area contributed by atoms with Crippen molar-refractivity contribution in [1.29, 1.82) is 0 Å². The summed E-state index contributed by atoms with van der Waals surface area (Å²) in [6.45, 7) is 3.69. The van der Waals surface area contributed by atoms with Crippen LogP contribution in [0, 0.1) is 11.6 Å². The van der Waals surface area contributed by atoms with E-state index in [1.165, 1.54) is 0 Å². The fraction of sp³-hybridized carbons (Fsp3) is 0.500. The van der Waals surface area contributed by atoms with E-state index < -0.39 is 17.7 Å². The summed E-state index contributed by atoms with van der Waals surface area (Å²) in [5.74, 6) is -1.11. The number of rotatable bonds is 2. The van der Waals surface area contributed by atoms with E-state index in [4.69, 9.17) is 5.73 Å². The summed E-state index contributed by atoms with van der Waals surface area (Å²) in [4.78, 5) is 13.6. The number of nitrogens with two attached hydrogens (primary N) is 1. The first-order chi connectivity index (χ1) is 8.91. The first kappa shape index (κ1) is 13.9. The van der Waals surface area contributed by atoms with Gasteiger partial charge in [-0.3, -0.25) is 4.79 Å². The number of halogens is 2. The third kappa shape index (κ3) is 2.61. The number of carbonyl (C=O) groups excluding carboxylic acids is 1. The van der Waals surface area contributed by atoms with Crippen molar-refractivity contribution in [3.05, 3.63) is 35.4 Å². The Bertz CT molecular complexity index is 490. The normalized spacial score (nSPS) is 24.1. The zero-order valence-corrected chi connectivity index (χ0v) is 11.1. The molecule has 3 nitrogen and oxygen atoms in total. The van der Waals surface area contributed by atoms with Crippen molar-refractivity contribution < 1.29 is 13.6 Å². The van der Waals surface area contributed by atoms with Gasteiger partial charge in [0.25, 0.3) is 0 Å². The molecule has 1 aromatic rings. The van der Waals surface area contributed by atoms with E-state index in [0.717, 1.165) is 18.2 Å². The first-order valence-corrected chi connectivity index (χ1v) is 6.43. The van der Waals surface area contributed by atoms with Crippen molar-refractivity contribution in [2.24, 2.45) is 5.73 Å². The molecule has 0 aromatic heterocycles. The highest BCUT2D eigenvalue weighted by Gasteiger charge is 2.37. The quantitative estimate of drug-likeness (QED) is 0.895. The molecule has 104 valence electrons. The lowest BCUT2D eigenvalue weighted by atomic mass is 9.89. The van der Waals surface area contributed by atoms with Crippen LogP contribution in [-0.4, -0.2) is 22.9 Å². The van der Waals surface area contributed by atoms with Crippen LogP contribution in [0.1, 0.15) is 38.3 Å². The maximum absolute atomic E-state index is 13.9. The Morgan fingerprint density at radius 3 is 2.68 bits per heavy atom. The molecule has 2 rings (SSSR count). The van der Waals surface area contributed by atoms with Crippen molar-refractivity contribution in [1.82, 2.24) is 4.90 Å². The molecule has 2 atom stereocenters. The Morgan fingerprint density at radius 1 is 1.37 bits per heavy atom. The summed E-state index contributed by atoms with van der Waals surface area (Å²) in [6.07, 6.45) is 0.843. The van der Waals surface area contributed by atoms with Crippen LogP contribution in [0.5, 0.6) is 0 Å². The van der Waals surface area contributed by atoms with Crippen molar-refractivity contribution in [3.63, 3.8) is 0 Å². The second-order valence-electron chi connectivity index (χ2n) is 5.21. The van der Waals surface area contributed by atoms with E-state index >= 15 is 0 Å². The molecule has 1 aromatic carbocycles.